The van der Waals surface area contributed by atoms with E-state index in [1.54, 1.807) is 11.7 Å². The molecule has 11 heteroatoms. The van der Waals surface area contributed by atoms with Crippen LogP contribution < -0.4 is 22.2 Å². The summed E-state index contributed by atoms with van der Waals surface area (Å²) in [6.07, 6.45) is 2.96. The van der Waals surface area contributed by atoms with E-state index >= 15 is 0 Å². The molecule has 35 heavy (non-hydrogen) atoms. The molecule has 0 spiro atoms. The van der Waals surface area contributed by atoms with Crippen molar-refractivity contribution in [2.75, 3.05) is 57.6 Å². The number of primary amides is 1. The summed E-state index contributed by atoms with van der Waals surface area (Å²) in [6, 6.07) is 8.08. The monoisotopic (exact) mass is 481 g/mol. The van der Waals surface area contributed by atoms with E-state index in [4.69, 9.17) is 20.9 Å². The van der Waals surface area contributed by atoms with Gasteiger partial charge in [0.15, 0.2) is 5.65 Å². The average molecular weight is 482 g/mol. The molecule has 0 aliphatic carbocycles. The molecule has 1 fully saturated rings. The standard InChI is InChI=1S/C24H31N7O4/c1-34-12-2-8-31-21(25)19(22(26)33)20(32)18-15-27-24(29-23(18)31)28-17-5-3-16(4-6-17)7-9-30-10-13-35-14-11-30/h3-6,15H,2,7-14,25H2,1H3,(H2,26,33)(H,27,28,29). The number of amides is 1. The largest absolute Gasteiger partial charge is 0.385 e. The number of nitrogens with zero attached hydrogens (tertiary/aromatic N) is 4. The highest BCUT2D eigenvalue weighted by Gasteiger charge is 2.20. The highest BCUT2D eigenvalue weighted by Crippen LogP contribution is 2.20. The van der Waals surface area contributed by atoms with Crippen molar-refractivity contribution in [3.63, 3.8) is 0 Å². The van der Waals surface area contributed by atoms with Gasteiger partial charge in [-0.3, -0.25) is 14.5 Å². The van der Waals surface area contributed by atoms with Crippen molar-refractivity contribution in [1.29, 1.82) is 0 Å². The maximum atomic E-state index is 12.8. The van der Waals surface area contributed by atoms with Crippen LogP contribution in [0.25, 0.3) is 11.0 Å². The number of carbonyl (C=O) groups excluding carboxylic acids is 1. The van der Waals surface area contributed by atoms with Crippen molar-refractivity contribution in [1.82, 2.24) is 19.4 Å². The van der Waals surface area contributed by atoms with Crippen LogP contribution in [0.3, 0.4) is 0 Å². The molecule has 3 heterocycles. The predicted molar refractivity (Wildman–Crippen MR) is 134 cm³/mol. The first-order valence-corrected chi connectivity index (χ1v) is 11.6. The summed E-state index contributed by atoms with van der Waals surface area (Å²) < 4.78 is 12.1. The number of carbonyl (C=O) groups is 1. The Morgan fingerprint density at radius 3 is 2.63 bits per heavy atom. The van der Waals surface area contributed by atoms with Crippen LogP contribution in [-0.4, -0.2) is 71.9 Å². The van der Waals surface area contributed by atoms with Crippen molar-refractivity contribution in [3.05, 3.63) is 51.8 Å². The number of ether oxygens (including phenoxy) is 2. The van der Waals surface area contributed by atoms with Gasteiger partial charge < -0.3 is 30.8 Å². The molecule has 3 aromatic rings. The fourth-order valence-corrected chi connectivity index (χ4v) is 4.13. The summed E-state index contributed by atoms with van der Waals surface area (Å²) in [5.74, 6) is -0.587. The summed E-state index contributed by atoms with van der Waals surface area (Å²) in [7, 11) is 1.60. The number of nitrogens with two attached hydrogens (primary N) is 2. The molecule has 186 valence electrons. The first-order chi connectivity index (χ1) is 17.0. The van der Waals surface area contributed by atoms with Gasteiger partial charge in [0.25, 0.3) is 5.91 Å². The third kappa shape index (κ3) is 5.76. The zero-order valence-corrected chi connectivity index (χ0v) is 19.8. The van der Waals surface area contributed by atoms with E-state index < -0.39 is 11.3 Å². The summed E-state index contributed by atoms with van der Waals surface area (Å²) in [5, 5.41) is 3.35. The Hall–Kier alpha value is -3.54. The first kappa shape index (κ1) is 24.6. The molecule has 0 bridgehead atoms. The maximum absolute atomic E-state index is 12.8. The zero-order valence-electron chi connectivity index (χ0n) is 19.8. The minimum Gasteiger partial charge on any atom is -0.385 e. The Balaban J connectivity index is 1.55. The molecule has 0 saturated carbocycles. The van der Waals surface area contributed by atoms with Gasteiger partial charge in [-0.15, -0.1) is 0 Å². The third-order valence-corrected chi connectivity index (χ3v) is 6.05. The van der Waals surface area contributed by atoms with Crippen LogP contribution in [0.1, 0.15) is 22.3 Å². The van der Waals surface area contributed by atoms with E-state index in [0.717, 1.165) is 45.0 Å². The van der Waals surface area contributed by atoms with E-state index in [-0.39, 0.29) is 16.8 Å². The molecule has 1 amide bonds. The van der Waals surface area contributed by atoms with Crippen LogP contribution in [0, 0.1) is 0 Å². The zero-order chi connectivity index (χ0) is 24.8. The molecule has 11 nitrogen and oxygen atoms in total. The molecule has 1 aliphatic heterocycles. The van der Waals surface area contributed by atoms with E-state index in [1.165, 1.54) is 11.8 Å². The Labute approximate surface area is 203 Å². The maximum Gasteiger partial charge on any atom is 0.256 e. The Morgan fingerprint density at radius 1 is 1.20 bits per heavy atom. The fraction of sp³-hybridized carbons (Fsp3) is 0.417. The minimum absolute atomic E-state index is 0.0135. The lowest BCUT2D eigenvalue weighted by Crippen LogP contribution is -2.37. The summed E-state index contributed by atoms with van der Waals surface area (Å²) >= 11 is 0. The van der Waals surface area contributed by atoms with Gasteiger partial charge in [-0.1, -0.05) is 12.1 Å². The smallest absolute Gasteiger partial charge is 0.256 e. The number of methoxy groups -OCH3 is 1. The number of fused-ring (bicyclic) bond motifs is 1. The summed E-state index contributed by atoms with van der Waals surface area (Å²) in [5.41, 5.74) is 13.1. The molecule has 2 aromatic heterocycles. The molecule has 4 rings (SSSR count). The van der Waals surface area contributed by atoms with Crippen LogP contribution in [0.2, 0.25) is 0 Å². The van der Waals surface area contributed by atoms with Crippen molar-refractivity contribution < 1.29 is 14.3 Å². The van der Waals surface area contributed by atoms with Gasteiger partial charge in [-0.05, 0) is 30.5 Å². The molecule has 5 N–H and O–H groups in total. The quantitative estimate of drug-likeness (QED) is 0.362. The molecule has 0 radical (unpaired) electrons. The van der Waals surface area contributed by atoms with Gasteiger partial charge in [-0.2, -0.15) is 4.98 Å². The number of aryl methyl sites for hydroxylation is 1. The number of benzene rings is 1. The number of rotatable bonds is 10. The van der Waals surface area contributed by atoms with Crippen LogP contribution in [0.15, 0.2) is 35.3 Å². The predicted octanol–water partition coefficient (Wildman–Crippen LogP) is 1.13. The first-order valence-electron chi connectivity index (χ1n) is 11.6. The van der Waals surface area contributed by atoms with E-state index in [1.807, 2.05) is 12.1 Å². The van der Waals surface area contributed by atoms with Crippen LogP contribution in [-0.2, 0) is 22.4 Å². The van der Waals surface area contributed by atoms with Gasteiger partial charge in [0, 0.05) is 51.8 Å². The molecule has 1 aliphatic rings. The Kier molecular flexibility index (Phi) is 7.91. The van der Waals surface area contributed by atoms with Crippen molar-refractivity contribution in [3.8, 4) is 0 Å². The van der Waals surface area contributed by atoms with Gasteiger partial charge in [0.1, 0.15) is 11.4 Å². The van der Waals surface area contributed by atoms with Crippen molar-refractivity contribution in [2.45, 2.75) is 19.4 Å². The third-order valence-electron chi connectivity index (χ3n) is 6.05. The van der Waals surface area contributed by atoms with Gasteiger partial charge in [0.05, 0.1) is 18.6 Å². The number of anilines is 3. The van der Waals surface area contributed by atoms with Crippen LogP contribution in [0.4, 0.5) is 17.5 Å². The SMILES string of the molecule is COCCCn1c(N)c(C(N)=O)c(=O)c2cnc(Nc3ccc(CCN4CCOCC4)cc3)nc21. The van der Waals surface area contributed by atoms with E-state index in [9.17, 15) is 9.59 Å². The van der Waals surface area contributed by atoms with Crippen molar-refractivity contribution in [2.24, 2.45) is 5.73 Å². The van der Waals surface area contributed by atoms with Gasteiger partial charge >= 0.3 is 0 Å². The number of aromatic nitrogens is 3. The molecule has 0 unspecified atom stereocenters. The second kappa shape index (κ2) is 11.3. The number of nitrogens with one attached hydrogen (secondary N) is 1. The second-order valence-electron chi connectivity index (χ2n) is 8.41. The number of morpholine rings is 1. The molecular weight excluding hydrogens is 450 g/mol. The van der Waals surface area contributed by atoms with E-state index in [0.29, 0.717) is 31.2 Å². The lowest BCUT2D eigenvalue weighted by Gasteiger charge is -2.26. The second-order valence-corrected chi connectivity index (χ2v) is 8.41. The van der Waals surface area contributed by atoms with Crippen LogP contribution in [0.5, 0.6) is 0 Å². The molecule has 1 aromatic carbocycles. The number of nitrogen functional groups attached to an aromatic ring is 1. The average Bonchev–Trinajstić information content (AvgIpc) is 2.86. The highest BCUT2D eigenvalue weighted by atomic mass is 16.5. The minimum atomic E-state index is -0.884. The normalized spacial score (nSPS) is 14.3. The lowest BCUT2D eigenvalue weighted by molar-refractivity contribution is 0.0384. The highest BCUT2D eigenvalue weighted by molar-refractivity contribution is 6.00. The van der Waals surface area contributed by atoms with Crippen LogP contribution >= 0.6 is 0 Å². The summed E-state index contributed by atoms with van der Waals surface area (Å²) in [4.78, 5) is 35.9. The van der Waals surface area contributed by atoms with Gasteiger partial charge in [0.2, 0.25) is 11.4 Å². The summed E-state index contributed by atoms with van der Waals surface area (Å²) in [6.45, 7) is 5.41. The number of pyridine rings is 1. The molecule has 0 atom stereocenters. The fourth-order valence-electron chi connectivity index (χ4n) is 4.13. The molecule has 1 saturated heterocycles. The van der Waals surface area contributed by atoms with Gasteiger partial charge in [-0.25, -0.2) is 4.98 Å². The van der Waals surface area contributed by atoms with E-state index in [2.05, 4.69) is 32.3 Å². The van der Waals surface area contributed by atoms with Crippen molar-refractivity contribution >= 4 is 34.4 Å². The Morgan fingerprint density at radius 2 is 1.94 bits per heavy atom. The lowest BCUT2D eigenvalue weighted by atomic mass is 10.1. The number of hydrogen-bond donors (Lipinski definition) is 3. The number of hydrogen-bond acceptors (Lipinski definition) is 9. The Bertz CT molecular complexity index is 1240. The molecular formula is C24H31N7O4. The topological polar surface area (TPSA) is 151 Å².